The maximum atomic E-state index is 12.2. The lowest BCUT2D eigenvalue weighted by Crippen LogP contribution is -2.55. The van der Waals surface area contributed by atoms with Gasteiger partial charge in [-0.25, -0.2) is 4.79 Å². The number of aliphatic hydroxyl groups is 1. The highest BCUT2D eigenvalue weighted by molar-refractivity contribution is 6.00. The largest absolute Gasteiger partial charge is 0.508 e. The third-order valence-electron chi connectivity index (χ3n) is 12.5. The van der Waals surface area contributed by atoms with E-state index in [1.165, 1.54) is 27.9 Å². The SMILES string of the molecule is O=C1CCC(NCc2cc(N3CCC(O)(CN4CCN(c5ccc([C@@H]6c7ccc(O)cc7CCC6c6ccccc6)cc5)CC4)CC3)ccc2C(=O)O)C(=O)N1. The molecule has 11 heteroatoms. The van der Waals surface area contributed by atoms with Gasteiger partial charge in [-0.15, -0.1) is 0 Å². The van der Waals surface area contributed by atoms with Gasteiger partial charge >= 0.3 is 5.97 Å². The predicted octanol–water partition coefficient (Wildman–Crippen LogP) is 5.00. The molecule has 8 rings (SSSR count). The number of benzene rings is 4. The van der Waals surface area contributed by atoms with Crippen LogP contribution in [0, 0.1) is 0 Å². The number of imide groups is 1. The van der Waals surface area contributed by atoms with Crippen molar-refractivity contribution in [1.82, 2.24) is 15.5 Å². The first-order chi connectivity index (χ1) is 27.1. The lowest BCUT2D eigenvalue weighted by molar-refractivity contribution is -0.134. The van der Waals surface area contributed by atoms with Crippen LogP contribution in [0.15, 0.2) is 91.0 Å². The highest BCUT2D eigenvalue weighted by atomic mass is 16.4. The Balaban J connectivity index is 0.861. The average molecular weight is 758 g/mol. The normalized spacial score (nSPS) is 22.7. The van der Waals surface area contributed by atoms with Crippen LogP contribution < -0.4 is 20.4 Å². The maximum absolute atomic E-state index is 12.2. The fourth-order valence-corrected chi connectivity index (χ4v) is 9.34. The van der Waals surface area contributed by atoms with E-state index in [2.05, 4.69) is 86.0 Å². The number of nitrogens with one attached hydrogen (secondary N) is 2. The summed E-state index contributed by atoms with van der Waals surface area (Å²) in [6.07, 6.45) is 3.81. The highest BCUT2D eigenvalue weighted by Crippen LogP contribution is 2.47. The molecule has 3 aliphatic heterocycles. The molecule has 3 heterocycles. The van der Waals surface area contributed by atoms with Crippen LogP contribution >= 0.6 is 0 Å². The van der Waals surface area contributed by atoms with E-state index < -0.39 is 17.6 Å². The minimum atomic E-state index is -1.04. The Bertz CT molecular complexity index is 2060. The van der Waals surface area contributed by atoms with Crippen molar-refractivity contribution in [3.05, 3.63) is 124 Å². The molecule has 1 aliphatic carbocycles. The van der Waals surface area contributed by atoms with Crippen LogP contribution in [0.3, 0.4) is 0 Å². The van der Waals surface area contributed by atoms with Crippen LogP contribution in [0.4, 0.5) is 11.4 Å². The summed E-state index contributed by atoms with van der Waals surface area (Å²) in [5, 5.41) is 37.2. The summed E-state index contributed by atoms with van der Waals surface area (Å²) in [6.45, 7) is 5.58. The third-order valence-corrected chi connectivity index (χ3v) is 12.5. The second-order valence-electron chi connectivity index (χ2n) is 16.0. The quantitative estimate of drug-likeness (QED) is 0.140. The number of nitrogens with zero attached hydrogens (tertiary/aromatic N) is 3. The number of carbonyl (C=O) groups excluding carboxylic acids is 2. The second kappa shape index (κ2) is 16.1. The van der Waals surface area contributed by atoms with Gasteiger partial charge in [0.1, 0.15) is 5.75 Å². The van der Waals surface area contributed by atoms with Gasteiger partial charge in [0.25, 0.3) is 0 Å². The first-order valence-corrected chi connectivity index (χ1v) is 20.0. The first kappa shape index (κ1) is 37.7. The molecular weight excluding hydrogens is 707 g/mol. The van der Waals surface area contributed by atoms with Crippen LogP contribution in [0.2, 0.25) is 0 Å². The molecule has 4 aromatic carbocycles. The van der Waals surface area contributed by atoms with Crippen LogP contribution in [0.5, 0.6) is 5.75 Å². The number of anilines is 2. The lowest BCUT2D eigenvalue weighted by Gasteiger charge is -2.44. The topological polar surface area (TPSA) is 146 Å². The van der Waals surface area contributed by atoms with Crippen molar-refractivity contribution in [3.63, 3.8) is 0 Å². The Morgan fingerprint density at radius 1 is 0.786 bits per heavy atom. The van der Waals surface area contributed by atoms with E-state index in [9.17, 15) is 29.7 Å². The Morgan fingerprint density at radius 3 is 2.21 bits per heavy atom. The number of piperazine rings is 1. The van der Waals surface area contributed by atoms with Gasteiger partial charge in [-0.05, 0) is 108 Å². The molecular formula is C45H51N5O6. The standard InChI is InChI=1S/C45H51N5O6/c51-36-12-15-38-32(27-36)8-13-37(30-4-2-1-3-5-30)42(38)31-6-9-34(10-7-31)50-24-22-48(23-25-50)29-45(56)18-20-49(21-19-45)35-11-14-39(44(54)55)33(26-35)28-46-40-16-17-41(52)47-43(40)53/h1-7,9-12,14-15,26-27,37,40,42,46,51,56H,8,13,16-25,28-29H2,(H,54,55)(H,47,52,53)/t37?,40?,42-/m0/s1. The summed E-state index contributed by atoms with van der Waals surface area (Å²) >= 11 is 0. The van der Waals surface area contributed by atoms with E-state index >= 15 is 0 Å². The average Bonchev–Trinajstić information content (AvgIpc) is 3.21. The molecule has 3 fully saturated rings. The van der Waals surface area contributed by atoms with Gasteiger partial charge in [0.2, 0.25) is 11.8 Å². The molecule has 56 heavy (non-hydrogen) atoms. The number of aromatic carboxylic acids is 1. The number of hydrogen-bond acceptors (Lipinski definition) is 9. The number of amides is 2. The van der Waals surface area contributed by atoms with Crippen molar-refractivity contribution in [1.29, 1.82) is 0 Å². The summed E-state index contributed by atoms with van der Waals surface area (Å²) in [4.78, 5) is 42.8. The number of aryl methyl sites for hydroxylation is 1. The minimum absolute atomic E-state index is 0.172. The number of phenolic OH excluding ortho intramolecular Hbond substituents is 1. The number of aromatic hydroxyl groups is 1. The molecule has 2 amide bonds. The third kappa shape index (κ3) is 8.16. The van der Waals surface area contributed by atoms with Crippen LogP contribution in [-0.4, -0.2) is 95.5 Å². The van der Waals surface area contributed by atoms with E-state index in [0.717, 1.165) is 44.7 Å². The van der Waals surface area contributed by atoms with Crippen LogP contribution in [-0.2, 0) is 22.6 Å². The fraction of sp³-hybridized carbons (Fsp3) is 0.400. The molecule has 0 aromatic heterocycles. The number of piperidine rings is 2. The van der Waals surface area contributed by atoms with Crippen molar-refractivity contribution in [2.75, 3.05) is 55.6 Å². The van der Waals surface area contributed by atoms with Gasteiger partial charge in [-0.3, -0.25) is 19.8 Å². The van der Waals surface area contributed by atoms with Gasteiger partial charge in [0.05, 0.1) is 17.2 Å². The summed E-state index contributed by atoms with van der Waals surface area (Å²) in [5.41, 5.74) is 7.21. The summed E-state index contributed by atoms with van der Waals surface area (Å²) in [7, 11) is 0. The number of carbonyl (C=O) groups is 3. The van der Waals surface area contributed by atoms with Crippen molar-refractivity contribution in [2.45, 2.75) is 68.5 Å². The number of carboxylic acid groups (broad SMARTS) is 1. The van der Waals surface area contributed by atoms with Gasteiger partial charge in [-0.2, -0.15) is 0 Å². The molecule has 11 nitrogen and oxygen atoms in total. The number of phenols is 1. The van der Waals surface area contributed by atoms with E-state index in [4.69, 9.17) is 0 Å². The van der Waals surface area contributed by atoms with Gasteiger partial charge in [0, 0.05) is 76.1 Å². The van der Waals surface area contributed by atoms with Crippen molar-refractivity contribution < 1.29 is 29.7 Å². The van der Waals surface area contributed by atoms with E-state index in [1.54, 1.807) is 6.07 Å². The van der Waals surface area contributed by atoms with Crippen LogP contribution in [0.1, 0.15) is 82.1 Å². The number of fused-ring (bicyclic) bond motifs is 1. The molecule has 3 atom stereocenters. The lowest BCUT2D eigenvalue weighted by atomic mass is 9.69. The molecule has 0 spiro atoms. The molecule has 4 aliphatic rings. The molecule has 5 N–H and O–H groups in total. The summed E-state index contributed by atoms with van der Waals surface area (Å²) in [5.74, 6) is -0.809. The van der Waals surface area contributed by atoms with Gasteiger partial charge < -0.3 is 30.4 Å². The zero-order valence-electron chi connectivity index (χ0n) is 31.7. The number of β-amino-alcohol motifs (C(OH)–C–C–N with tert-alkyl or cyclic N) is 1. The van der Waals surface area contributed by atoms with E-state index in [0.29, 0.717) is 56.1 Å². The zero-order chi connectivity index (χ0) is 38.8. The molecule has 0 bridgehead atoms. The van der Waals surface area contributed by atoms with Crippen molar-refractivity contribution in [3.8, 4) is 5.75 Å². The number of carboxylic acids is 1. The molecule has 4 aromatic rings. The van der Waals surface area contributed by atoms with Crippen LogP contribution in [0.25, 0.3) is 0 Å². The molecule has 2 unspecified atom stereocenters. The molecule has 3 saturated heterocycles. The Kier molecular flexibility index (Phi) is 10.8. The van der Waals surface area contributed by atoms with E-state index in [-0.39, 0.29) is 36.3 Å². The summed E-state index contributed by atoms with van der Waals surface area (Å²) < 4.78 is 0. The number of hydrogen-bond donors (Lipinski definition) is 5. The van der Waals surface area contributed by atoms with Gasteiger partial charge in [0.15, 0.2) is 0 Å². The van der Waals surface area contributed by atoms with Crippen molar-refractivity contribution >= 4 is 29.2 Å². The fourth-order valence-electron chi connectivity index (χ4n) is 9.34. The van der Waals surface area contributed by atoms with E-state index in [1.807, 2.05) is 24.3 Å². The Hall–Kier alpha value is -5.23. The zero-order valence-corrected chi connectivity index (χ0v) is 31.7. The summed E-state index contributed by atoms with van der Waals surface area (Å²) in [6, 6.07) is 30.5. The molecule has 0 saturated carbocycles. The van der Waals surface area contributed by atoms with Gasteiger partial charge in [-0.1, -0.05) is 48.5 Å². The minimum Gasteiger partial charge on any atom is -0.508 e. The molecule has 0 radical (unpaired) electrons. The molecule has 292 valence electrons. The number of rotatable bonds is 10. The van der Waals surface area contributed by atoms with Crippen molar-refractivity contribution in [2.24, 2.45) is 0 Å². The Morgan fingerprint density at radius 2 is 1.50 bits per heavy atom. The Labute approximate surface area is 327 Å². The second-order valence-corrected chi connectivity index (χ2v) is 16.0. The monoisotopic (exact) mass is 757 g/mol. The maximum Gasteiger partial charge on any atom is 0.336 e. The smallest absolute Gasteiger partial charge is 0.336 e. The first-order valence-electron chi connectivity index (χ1n) is 20.0. The predicted molar refractivity (Wildman–Crippen MR) is 215 cm³/mol. The highest BCUT2D eigenvalue weighted by Gasteiger charge is 2.36.